The number of halogens is 1. The number of H-pyrrole nitrogens is 1. The lowest BCUT2D eigenvalue weighted by Gasteiger charge is -2.43. The summed E-state index contributed by atoms with van der Waals surface area (Å²) in [4.78, 5) is 14.2. The summed E-state index contributed by atoms with van der Waals surface area (Å²) in [6.07, 6.45) is 5.29. The number of likely N-dealkylation sites (tertiary alicyclic amines) is 1. The first kappa shape index (κ1) is 19.5. The maximum absolute atomic E-state index is 12.3. The molecule has 1 saturated carbocycles. The standard InChI is InChI=1S/C21H29ClN4O2/c1-21(2,19(27)17-10-16(22)9-14-12-24-25-18(14)17)15-5-7-26(8-6-15)20(28)23-11-13-3-4-13/h9-10,12-13,15,19,27H,3-8,11H2,1-2H3,(H,23,28)(H,24,25). The molecule has 0 bridgehead atoms. The van der Waals surface area contributed by atoms with Gasteiger partial charge in [-0.25, -0.2) is 4.79 Å². The molecule has 28 heavy (non-hydrogen) atoms. The Morgan fingerprint density at radius 1 is 1.36 bits per heavy atom. The van der Waals surface area contributed by atoms with E-state index in [0.717, 1.165) is 48.9 Å². The topological polar surface area (TPSA) is 81.2 Å². The molecule has 6 nitrogen and oxygen atoms in total. The molecule has 0 radical (unpaired) electrons. The molecule has 2 heterocycles. The van der Waals surface area contributed by atoms with E-state index in [4.69, 9.17) is 11.6 Å². The molecule has 1 aliphatic heterocycles. The van der Waals surface area contributed by atoms with Crippen molar-refractivity contribution in [3.63, 3.8) is 0 Å². The van der Waals surface area contributed by atoms with Crippen LogP contribution < -0.4 is 5.32 Å². The van der Waals surface area contributed by atoms with Gasteiger partial charge in [-0.1, -0.05) is 25.4 Å². The molecular weight excluding hydrogens is 376 g/mol. The summed E-state index contributed by atoms with van der Waals surface area (Å²) in [5.41, 5.74) is 1.27. The van der Waals surface area contributed by atoms with E-state index in [1.807, 2.05) is 17.0 Å². The molecule has 7 heteroatoms. The molecule has 1 saturated heterocycles. The van der Waals surface area contributed by atoms with Crippen molar-refractivity contribution < 1.29 is 9.90 Å². The first-order valence-corrected chi connectivity index (χ1v) is 10.6. The molecule has 1 atom stereocenters. The Bertz CT molecular complexity index is 853. The third-order valence-electron chi connectivity index (χ3n) is 6.62. The van der Waals surface area contributed by atoms with Gasteiger partial charge in [-0.05, 0) is 55.1 Å². The molecule has 0 spiro atoms. The lowest BCUT2D eigenvalue weighted by molar-refractivity contribution is -0.0143. The minimum absolute atomic E-state index is 0.0534. The van der Waals surface area contributed by atoms with Crippen molar-refractivity contribution in [1.29, 1.82) is 0 Å². The summed E-state index contributed by atoms with van der Waals surface area (Å²) in [5.74, 6) is 1.000. The van der Waals surface area contributed by atoms with Crippen LogP contribution in [0.25, 0.3) is 10.9 Å². The lowest BCUT2D eigenvalue weighted by atomic mass is 9.68. The number of hydrogen-bond acceptors (Lipinski definition) is 3. The van der Waals surface area contributed by atoms with E-state index in [-0.39, 0.29) is 11.4 Å². The second kappa shape index (κ2) is 7.56. The number of nitrogens with zero attached hydrogens (tertiary/aromatic N) is 2. The first-order chi connectivity index (χ1) is 13.4. The molecule has 152 valence electrons. The summed E-state index contributed by atoms with van der Waals surface area (Å²) >= 11 is 6.27. The highest BCUT2D eigenvalue weighted by molar-refractivity contribution is 6.31. The second-order valence-electron chi connectivity index (χ2n) is 8.94. The highest BCUT2D eigenvalue weighted by Crippen LogP contribution is 2.46. The fraction of sp³-hybridized carbons (Fsp3) is 0.619. The number of carbonyl (C=O) groups excluding carboxylic acids is 1. The van der Waals surface area contributed by atoms with Crippen LogP contribution in [0.3, 0.4) is 0 Å². The number of fused-ring (bicyclic) bond motifs is 1. The second-order valence-corrected chi connectivity index (χ2v) is 9.38. The average molecular weight is 405 g/mol. The summed E-state index contributed by atoms with van der Waals surface area (Å²) in [5, 5.41) is 22.9. The molecule has 1 aromatic heterocycles. The zero-order valence-electron chi connectivity index (χ0n) is 16.5. The van der Waals surface area contributed by atoms with Gasteiger partial charge in [0.25, 0.3) is 0 Å². The van der Waals surface area contributed by atoms with Gasteiger partial charge in [-0.3, -0.25) is 5.10 Å². The summed E-state index contributed by atoms with van der Waals surface area (Å²) in [6, 6.07) is 3.73. The van der Waals surface area contributed by atoms with Crippen LogP contribution in [0.4, 0.5) is 4.79 Å². The number of piperidine rings is 1. The Labute approximate surface area is 170 Å². The van der Waals surface area contributed by atoms with Crippen LogP contribution in [-0.4, -0.2) is 45.9 Å². The van der Waals surface area contributed by atoms with E-state index in [1.165, 1.54) is 12.8 Å². The van der Waals surface area contributed by atoms with Crippen molar-refractivity contribution >= 4 is 28.5 Å². The third-order valence-corrected chi connectivity index (χ3v) is 6.83. The fourth-order valence-corrected chi connectivity index (χ4v) is 4.61. The first-order valence-electron chi connectivity index (χ1n) is 10.2. The van der Waals surface area contributed by atoms with Crippen molar-refractivity contribution in [3.05, 3.63) is 28.9 Å². The number of urea groups is 1. The zero-order chi connectivity index (χ0) is 19.9. The van der Waals surface area contributed by atoms with Gasteiger partial charge in [0.1, 0.15) is 0 Å². The Kier molecular flexibility index (Phi) is 5.27. The SMILES string of the molecule is CC(C)(C1CCN(C(=O)NCC2CC2)CC1)C(O)c1cc(Cl)cc2cn[nH]c12. The minimum Gasteiger partial charge on any atom is -0.388 e. The summed E-state index contributed by atoms with van der Waals surface area (Å²) in [7, 11) is 0. The maximum atomic E-state index is 12.3. The van der Waals surface area contributed by atoms with Crippen LogP contribution in [0, 0.1) is 17.3 Å². The number of hydrogen-bond donors (Lipinski definition) is 3. The molecule has 1 unspecified atom stereocenters. The van der Waals surface area contributed by atoms with Gasteiger partial charge in [-0.2, -0.15) is 5.10 Å². The van der Waals surface area contributed by atoms with Gasteiger partial charge in [-0.15, -0.1) is 0 Å². The highest BCUT2D eigenvalue weighted by atomic mass is 35.5. The Morgan fingerprint density at radius 2 is 2.07 bits per heavy atom. The lowest BCUT2D eigenvalue weighted by Crippen LogP contribution is -2.47. The van der Waals surface area contributed by atoms with Crippen LogP contribution in [-0.2, 0) is 0 Å². The van der Waals surface area contributed by atoms with Gasteiger partial charge >= 0.3 is 6.03 Å². The van der Waals surface area contributed by atoms with Crippen molar-refractivity contribution in [3.8, 4) is 0 Å². The Hall–Kier alpha value is -1.79. The van der Waals surface area contributed by atoms with E-state index in [9.17, 15) is 9.90 Å². The smallest absolute Gasteiger partial charge is 0.317 e. The van der Waals surface area contributed by atoms with E-state index >= 15 is 0 Å². The van der Waals surface area contributed by atoms with Crippen molar-refractivity contribution in [2.75, 3.05) is 19.6 Å². The van der Waals surface area contributed by atoms with Gasteiger partial charge in [0.05, 0.1) is 17.8 Å². The molecule has 1 aromatic carbocycles. The highest BCUT2D eigenvalue weighted by Gasteiger charge is 2.40. The van der Waals surface area contributed by atoms with E-state index in [0.29, 0.717) is 16.9 Å². The number of benzene rings is 1. The van der Waals surface area contributed by atoms with Crippen LogP contribution in [0.2, 0.25) is 5.02 Å². The molecule has 2 aromatic rings. The zero-order valence-corrected chi connectivity index (χ0v) is 17.3. The third kappa shape index (κ3) is 3.85. The van der Waals surface area contributed by atoms with Crippen molar-refractivity contribution in [1.82, 2.24) is 20.4 Å². The van der Waals surface area contributed by atoms with Gasteiger partial charge in [0.2, 0.25) is 0 Å². The molecule has 2 aliphatic rings. The van der Waals surface area contributed by atoms with Crippen molar-refractivity contribution in [2.24, 2.45) is 17.3 Å². The molecule has 2 amide bonds. The Balaban J connectivity index is 1.43. The van der Waals surface area contributed by atoms with E-state index in [1.54, 1.807) is 6.20 Å². The van der Waals surface area contributed by atoms with Crippen LogP contribution >= 0.6 is 11.6 Å². The van der Waals surface area contributed by atoms with Crippen LogP contribution in [0.1, 0.15) is 51.2 Å². The fourth-order valence-electron chi connectivity index (χ4n) is 4.38. The predicted octanol–water partition coefficient (Wildman–Crippen LogP) is 4.11. The van der Waals surface area contributed by atoms with E-state index < -0.39 is 6.10 Å². The number of nitrogens with one attached hydrogen (secondary N) is 2. The number of amides is 2. The average Bonchev–Trinajstić information content (AvgIpc) is 3.40. The maximum Gasteiger partial charge on any atom is 0.317 e. The van der Waals surface area contributed by atoms with Crippen LogP contribution in [0.5, 0.6) is 0 Å². The number of aliphatic hydroxyl groups is 1. The number of carbonyl (C=O) groups is 1. The normalized spacial score (nSPS) is 19.8. The van der Waals surface area contributed by atoms with Gasteiger partial charge in [0.15, 0.2) is 0 Å². The molecule has 2 fully saturated rings. The van der Waals surface area contributed by atoms with E-state index in [2.05, 4.69) is 29.4 Å². The van der Waals surface area contributed by atoms with Crippen molar-refractivity contribution in [2.45, 2.75) is 45.6 Å². The molecule has 1 aliphatic carbocycles. The summed E-state index contributed by atoms with van der Waals surface area (Å²) in [6.45, 7) is 6.47. The monoisotopic (exact) mass is 404 g/mol. The number of aliphatic hydroxyl groups excluding tert-OH is 1. The minimum atomic E-state index is -0.672. The quantitative estimate of drug-likeness (QED) is 0.701. The largest absolute Gasteiger partial charge is 0.388 e. The van der Waals surface area contributed by atoms with Crippen LogP contribution in [0.15, 0.2) is 18.3 Å². The van der Waals surface area contributed by atoms with Gasteiger partial charge < -0.3 is 15.3 Å². The predicted molar refractivity (Wildman–Crippen MR) is 110 cm³/mol. The Morgan fingerprint density at radius 3 is 2.75 bits per heavy atom. The van der Waals surface area contributed by atoms with Gasteiger partial charge in [0, 0.05) is 35.6 Å². The molecule has 4 rings (SSSR count). The molecular formula is C21H29ClN4O2. The molecule has 3 N–H and O–H groups in total. The number of rotatable bonds is 5. The number of aromatic nitrogens is 2. The summed E-state index contributed by atoms with van der Waals surface area (Å²) < 4.78 is 0. The number of aromatic amines is 1.